The molecule has 7 heteroatoms. The molecule has 1 aliphatic heterocycles. The number of carbonyl (C=O) groups is 3. The fourth-order valence-corrected chi connectivity index (χ4v) is 3.41. The Hall–Kier alpha value is -3.35. The molecule has 7 nitrogen and oxygen atoms in total. The molecule has 1 saturated heterocycles. The second kappa shape index (κ2) is 9.91. The first kappa shape index (κ1) is 21.4. The van der Waals surface area contributed by atoms with Crippen LogP contribution in [0.4, 0.5) is 5.69 Å². The molecule has 3 rings (SSSR count). The van der Waals surface area contributed by atoms with Crippen molar-refractivity contribution in [1.29, 1.82) is 0 Å². The first-order valence-corrected chi connectivity index (χ1v) is 10.0. The van der Waals surface area contributed by atoms with Gasteiger partial charge in [-0.05, 0) is 68.3 Å². The van der Waals surface area contributed by atoms with Gasteiger partial charge in [0.05, 0.1) is 19.3 Å². The Balaban J connectivity index is 1.51. The molecule has 2 amide bonds. The van der Waals surface area contributed by atoms with Crippen molar-refractivity contribution in [3.8, 4) is 5.75 Å². The van der Waals surface area contributed by atoms with E-state index in [1.807, 2.05) is 0 Å². The highest BCUT2D eigenvalue weighted by molar-refractivity contribution is 5.96. The highest BCUT2D eigenvalue weighted by atomic mass is 16.5. The number of benzene rings is 2. The molecular weight excluding hydrogens is 384 g/mol. The van der Waals surface area contributed by atoms with Gasteiger partial charge in [-0.3, -0.25) is 9.59 Å². The average molecular weight is 410 g/mol. The van der Waals surface area contributed by atoms with Crippen LogP contribution in [0.3, 0.4) is 0 Å². The van der Waals surface area contributed by atoms with Gasteiger partial charge in [-0.1, -0.05) is 0 Å². The van der Waals surface area contributed by atoms with Crippen molar-refractivity contribution in [3.63, 3.8) is 0 Å². The molecule has 1 heterocycles. The molecule has 0 aromatic heterocycles. The molecule has 2 aromatic rings. The molecule has 30 heavy (non-hydrogen) atoms. The largest absolute Gasteiger partial charge is 0.497 e. The molecule has 2 aromatic carbocycles. The summed E-state index contributed by atoms with van der Waals surface area (Å²) >= 11 is 0. The van der Waals surface area contributed by atoms with Gasteiger partial charge in [-0.25, -0.2) is 4.79 Å². The minimum Gasteiger partial charge on any atom is -0.497 e. The van der Waals surface area contributed by atoms with Gasteiger partial charge in [-0.2, -0.15) is 0 Å². The van der Waals surface area contributed by atoms with Gasteiger partial charge < -0.3 is 19.7 Å². The van der Waals surface area contributed by atoms with Crippen LogP contribution < -0.4 is 10.1 Å². The SMILES string of the molecule is CCOC(=O)c1ccc(NC(=O)C2CCN(C(=O)c3ccc(OC)cc3)CC2)cc1. The van der Waals surface area contributed by atoms with Crippen LogP contribution in [0.15, 0.2) is 48.5 Å². The van der Waals surface area contributed by atoms with E-state index in [9.17, 15) is 14.4 Å². The monoisotopic (exact) mass is 410 g/mol. The Kier molecular flexibility index (Phi) is 7.06. The molecule has 0 spiro atoms. The normalized spacial score (nSPS) is 14.1. The van der Waals surface area contributed by atoms with E-state index >= 15 is 0 Å². The van der Waals surface area contributed by atoms with Crippen LogP contribution in [0.1, 0.15) is 40.5 Å². The number of amides is 2. The number of nitrogens with zero attached hydrogens (tertiary/aromatic N) is 1. The molecule has 0 atom stereocenters. The van der Waals surface area contributed by atoms with Crippen molar-refractivity contribution < 1.29 is 23.9 Å². The van der Waals surface area contributed by atoms with Crippen molar-refractivity contribution in [1.82, 2.24) is 4.90 Å². The molecule has 0 bridgehead atoms. The van der Waals surface area contributed by atoms with E-state index in [-0.39, 0.29) is 23.7 Å². The number of ether oxygens (including phenoxy) is 2. The summed E-state index contributed by atoms with van der Waals surface area (Å²) < 4.78 is 10.1. The van der Waals surface area contributed by atoms with Crippen molar-refractivity contribution >= 4 is 23.5 Å². The minimum atomic E-state index is -0.385. The standard InChI is InChI=1S/C23H26N2O5/c1-3-30-23(28)18-4-8-19(9-5-18)24-21(26)16-12-14-25(15-13-16)22(27)17-6-10-20(29-2)11-7-17/h4-11,16H,3,12-15H2,1-2H3,(H,24,26). The van der Waals surface area contributed by atoms with Crippen molar-refractivity contribution in [3.05, 3.63) is 59.7 Å². The zero-order chi connectivity index (χ0) is 21.5. The third-order valence-electron chi connectivity index (χ3n) is 5.15. The van der Waals surface area contributed by atoms with Gasteiger partial charge in [-0.15, -0.1) is 0 Å². The first-order chi connectivity index (χ1) is 14.5. The van der Waals surface area contributed by atoms with Crippen LogP contribution >= 0.6 is 0 Å². The number of methoxy groups -OCH3 is 1. The van der Waals surface area contributed by atoms with Gasteiger partial charge in [0.25, 0.3) is 5.91 Å². The third kappa shape index (κ3) is 5.17. The Morgan fingerprint density at radius 3 is 2.13 bits per heavy atom. The lowest BCUT2D eigenvalue weighted by Gasteiger charge is -2.31. The lowest BCUT2D eigenvalue weighted by molar-refractivity contribution is -0.121. The van der Waals surface area contributed by atoms with E-state index in [2.05, 4.69) is 5.32 Å². The highest BCUT2D eigenvalue weighted by Gasteiger charge is 2.28. The van der Waals surface area contributed by atoms with Gasteiger partial charge in [0.15, 0.2) is 0 Å². The third-order valence-corrected chi connectivity index (χ3v) is 5.15. The molecule has 1 fully saturated rings. The predicted octanol–water partition coefficient (Wildman–Crippen LogP) is 3.36. The maximum Gasteiger partial charge on any atom is 0.338 e. The topological polar surface area (TPSA) is 84.9 Å². The maximum absolute atomic E-state index is 12.6. The number of rotatable bonds is 6. The zero-order valence-electron chi connectivity index (χ0n) is 17.2. The summed E-state index contributed by atoms with van der Waals surface area (Å²) in [5.41, 5.74) is 1.69. The van der Waals surface area contributed by atoms with Crippen LogP contribution in [0.2, 0.25) is 0 Å². The summed E-state index contributed by atoms with van der Waals surface area (Å²) in [6.45, 7) is 3.13. The van der Waals surface area contributed by atoms with E-state index in [1.54, 1.807) is 67.5 Å². The first-order valence-electron chi connectivity index (χ1n) is 10.0. The van der Waals surface area contributed by atoms with E-state index in [4.69, 9.17) is 9.47 Å². The number of nitrogens with one attached hydrogen (secondary N) is 1. The summed E-state index contributed by atoms with van der Waals surface area (Å²) in [6, 6.07) is 13.7. The minimum absolute atomic E-state index is 0.0361. The Morgan fingerprint density at radius 1 is 0.967 bits per heavy atom. The maximum atomic E-state index is 12.6. The highest BCUT2D eigenvalue weighted by Crippen LogP contribution is 2.22. The second-order valence-electron chi connectivity index (χ2n) is 7.08. The average Bonchev–Trinajstić information content (AvgIpc) is 2.79. The van der Waals surface area contributed by atoms with Crippen LogP contribution in [0.25, 0.3) is 0 Å². The van der Waals surface area contributed by atoms with Crippen LogP contribution in [-0.4, -0.2) is 49.5 Å². The summed E-state index contributed by atoms with van der Waals surface area (Å²) in [4.78, 5) is 38.7. The van der Waals surface area contributed by atoms with Gasteiger partial charge in [0.1, 0.15) is 5.75 Å². The lowest BCUT2D eigenvalue weighted by atomic mass is 9.95. The summed E-state index contributed by atoms with van der Waals surface area (Å²) in [6.07, 6.45) is 1.21. The molecule has 0 aliphatic carbocycles. The van der Waals surface area contributed by atoms with Crippen molar-refractivity contribution in [2.24, 2.45) is 5.92 Å². The van der Waals surface area contributed by atoms with E-state index in [1.165, 1.54) is 0 Å². The van der Waals surface area contributed by atoms with Crippen molar-refractivity contribution in [2.75, 3.05) is 32.1 Å². The second-order valence-corrected chi connectivity index (χ2v) is 7.08. The van der Waals surface area contributed by atoms with Crippen LogP contribution in [0.5, 0.6) is 5.75 Å². The zero-order valence-corrected chi connectivity index (χ0v) is 17.2. The van der Waals surface area contributed by atoms with E-state index in [0.717, 1.165) is 0 Å². The summed E-state index contributed by atoms with van der Waals surface area (Å²) in [7, 11) is 1.58. The van der Waals surface area contributed by atoms with E-state index < -0.39 is 0 Å². The number of likely N-dealkylation sites (tertiary alicyclic amines) is 1. The predicted molar refractivity (Wildman–Crippen MR) is 113 cm³/mol. The molecule has 0 radical (unpaired) electrons. The number of hydrogen-bond acceptors (Lipinski definition) is 5. The molecule has 0 saturated carbocycles. The molecular formula is C23H26N2O5. The fourth-order valence-electron chi connectivity index (χ4n) is 3.41. The van der Waals surface area contributed by atoms with E-state index in [0.29, 0.717) is 55.1 Å². The number of anilines is 1. The number of carbonyl (C=O) groups excluding carboxylic acids is 3. The Labute approximate surface area is 176 Å². The van der Waals surface area contributed by atoms with Gasteiger partial charge in [0.2, 0.25) is 5.91 Å². The molecule has 1 aliphatic rings. The van der Waals surface area contributed by atoms with Gasteiger partial charge >= 0.3 is 5.97 Å². The Bertz CT molecular complexity index is 885. The van der Waals surface area contributed by atoms with Gasteiger partial charge in [0, 0.05) is 30.3 Å². The number of esters is 1. The van der Waals surface area contributed by atoms with Crippen molar-refractivity contribution in [2.45, 2.75) is 19.8 Å². The fraction of sp³-hybridized carbons (Fsp3) is 0.348. The lowest BCUT2D eigenvalue weighted by Crippen LogP contribution is -2.41. The molecule has 158 valence electrons. The van der Waals surface area contributed by atoms with Crippen LogP contribution in [0, 0.1) is 5.92 Å². The Morgan fingerprint density at radius 2 is 1.57 bits per heavy atom. The number of piperidine rings is 1. The summed E-state index contributed by atoms with van der Waals surface area (Å²) in [5, 5.41) is 2.89. The smallest absolute Gasteiger partial charge is 0.338 e. The molecule has 0 unspecified atom stereocenters. The van der Waals surface area contributed by atoms with Crippen LogP contribution in [-0.2, 0) is 9.53 Å². The quantitative estimate of drug-likeness (QED) is 0.738. The molecule has 1 N–H and O–H groups in total. The summed E-state index contributed by atoms with van der Waals surface area (Å²) in [5.74, 6) is 0.0534. The number of hydrogen-bond donors (Lipinski definition) is 1.